The van der Waals surface area contributed by atoms with Gasteiger partial charge >= 0.3 is 19.8 Å². The molecule has 2 atom stereocenters. The number of ether oxygens (including phenoxy) is 2. The Balaban J connectivity index is 4.46. The zero-order valence-corrected chi connectivity index (χ0v) is 39.6. The van der Waals surface area contributed by atoms with Crippen molar-refractivity contribution >= 4 is 19.8 Å². The van der Waals surface area contributed by atoms with Gasteiger partial charge in [-0.2, -0.15) is 0 Å². The third kappa shape index (κ3) is 44.7. The van der Waals surface area contributed by atoms with Gasteiger partial charge in [-0.25, -0.2) is 4.57 Å². The first kappa shape index (κ1) is 57.2. The molecule has 10 heteroatoms. The van der Waals surface area contributed by atoms with Crippen LogP contribution in [-0.4, -0.2) is 74.9 Å². The number of hydrogen-bond acceptors (Lipinski definition) is 7. The molecular weight excluding hydrogens is 774 g/mol. The van der Waals surface area contributed by atoms with Gasteiger partial charge in [0, 0.05) is 12.8 Å². The summed E-state index contributed by atoms with van der Waals surface area (Å²) in [6.07, 6.45) is 53.6. The number of nitrogens with zero attached hydrogens (tertiary/aromatic N) is 1. The Morgan fingerprint density at radius 3 is 1.47 bits per heavy atom. The molecule has 0 bridgehead atoms. The van der Waals surface area contributed by atoms with Crippen LogP contribution in [0.2, 0.25) is 0 Å². The van der Waals surface area contributed by atoms with E-state index in [1.54, 1.807) is 0 Å². The van der Waals surface area contributed by atoms with Gasteiger partial charge in [-0.05, 0) is 83.5 Å². The molecule has 60 heavy (non-hydrogen) atoms. The van der Waals surface area contributed by atoms with Crippen LogP contribution in [0.1, 0.15) is 168 Å². The molecule has 0 rings (SSSR count). The predicted molar refractivity (Wildman–Crippen MR) is 252 cm³/mol. The molecule has 0 heterocycles. The van der Waals surface area contributed by atoms with Crippen LogP contribution in [0, 0.1) is 0 Å². The minimum absolute atomic E-state index is 0.0140. The monoisotopic (exact) mass is 861 g/mol. The van der Waals surface area contributed by atoms with Gasteiger partial charge < -0.3 is 18.9 Å². The Morgan fingerprint density at radius 2 is 0.967 bits per heavy atom. The fourth-order valence-corrected chi connectivity index (χ4v) is 6.53. The van der Waals surface area contributed by atoms with Gasteiger partial charge in [-0.1, -0.05) is 157 Å². The largest absolute Gasteiger partial charge is 0.472 e. The van der Waals surface area contributed by atoms with Crippen LogP contribution in [0.4, 0.5) is 0 Å². The first-order valence-corrected chi connectivity index (χ1v) is 24.8. The molecule has 0 aromatic rings. The quantitative estimate of drug-likeness (QED) is 0.0213. The summed E-state index contributed by atoms with van der Waals surface area (Å²) in [5.41, 5.74) is 0. The molecule has 0 aliphatic rings. The summed E-state index contributed by atoms with van der Waals surface area (Å²) in [5.74, 6) is -0.891. The highest BCUT2D eigenvalue weighted by Crippen LogP contribution is 2.43. The first-order valence-electron chi connectivity index (χ1n) is 23.3. The second-order valence-corrected chi connectivity index (χ2v) is 17.9. The number of carbonyl (C=O) groups is 2. The van der Waals surface area contributed by atoms with Crippen LogP contribution >= 0.6 is 7.82 Å². The normalized spacial score (nSPS) is 14.3. The van der Waals surface area contributed by atoms with Crippen LogP contribution < -0.4 is 0 Å². The number of allylic oxidation sites excluding steroid dienone is 14. The van der Waals surface area contributed by atoms with Crippen molar-refractivity contribution < 1.29 is 42.1 Å². The van der Waals surface area contributed by atoms with E-state index in [4.69, 9.17) is 18.5 Å². The van der Waals surface area contributed by atoms with Crippen LogP contribution in [0.25, 0.3) is 0 Å². The molecule has 1 N–H and O–H groups in total. The Bertz CT molecular complexity index is 1290. The van der Waals surface area contributed by atoms with Crippen LogP contribution in [-0.2, 0) is 32.7 Å². The molecule has 0 spiro atoms. The number of phosphoric acid groups is 1. The lowest BCUT2D eigenvalue weighted by Gasteiger charge is -2.24. The van der Waals surface area contributed by atoms with Crippen molar-refractivity contribution in [3.63, 3.8) is 0 Å². The van der Waals surface area contributed by atoms with E-state index in [0.717, 1.165) is 70.6 Å². The highest BCUT2D eigenvalue weighted by molar-refractivity contribution is 7.47. The molecule has 0 fully saturated rings. The number of rotatable bonds is 41. The fourth-order valence-electron chi connectivity index (χ4n) is 5.78. The number of hydrogen-bond donors (Lipinski definition) is 1. The van der Waals surface area contributed by atoms with E-state index in [-0.39, 0.29) is 26.1 Å². The summed E-state index contributed by atoms with van der Waals surface area (Å²) in [6, 6.07) is 0. The molecule has 0 aromatic carbocycles. The van der Waals surface area contributed by atoms with E-state index < -0.39 is 32.5 Å². The molecule has 344 valence electrons. The first-order chi connectivity index (χ1) is 29.0. The van der Waals surface area contributed by atoms with E-state index in [0.29, 0.717) is 30.3 Å². The zero-order chi connectivity index (χ0) is 44.3. The Hall–Kier alpha value is -2.81. The van der Waals surface area contributed by atoms with E-state index in [1.807, 2.05) is 27.2 Å². The van der Waals surface area contributed by atoms with Gasteiger partial charge in [0.2, 0.25) is 0 Å². The molecule has 9 nitrogen and oxygen atoms in total. The minimum atomic E-state index is -4.40. The van der Waals surface area contributed by atoms with Crippen LogP contribution in [0.5, 0.6) is 0 Å². The maximum Gasteiger partial charge on any atom is 0.472 e. The summed E-state index contributed by atoms with van der Waals surface area (Å²) in [7, 11) is 1.42. The van der Waals surface area contributed by atoms with Crippen molar-refractivity contribution in [1.29, 1.82) is 0 Å². The summed E-state index contributed by atoms with van der Waals surface area (Å²) in [5, 5.41) is 0. The van der Waals surface area contributed by atoms with Gasteiger partial charge in [0.05, 0.1) is 27.7 Å². The summed E-state index contributed by atoms with van der Waals surface area (Å²) in [4.78, 5) is 35.4. The van der Waals surface area contributed by atoms with Gasteiger partial charge in [0.25, 0.3) is 0 Å². The maximum atomic E-state index is 12.7. The third-order valence-corrected chi connectivity index (χ3v) is 10.4. The van der Waals surface area contributed by atoms with E-state index >= 15 is 0 Å². The SMILES string of the molecule is CC/C=C/C/C=C/C/C=C/CCCCCCCC(=O)OC[C@H](COP(=O)(O)OCC[N+](C)(C)C)OC(=O)CCC/C=C/C/C=C/C/C=C/C/C=C/CCCCCCCCC. The molecule has 0 saturated carbocycles. The lowest BCUT2D eigenvalue weighted by molar-refractivity contribution is -0.870. The summed E-state index contributed by atoms with van der Waals surface area (Å²) >= 11 is 0. The van der Waals surface area contributed by atoms with E-state index in [2.05, 4.69) is 92.8 Å². The molecule has 0 aliphatic heterocycles. The van der Waals surface area contributed by atoms with Crippen molar-refractivity contribution in [1.82, 2.24) is 0 Å². The number of esters is 2. The molecule has 0 amide bonds. The summed E-state index contributed by atoms with van der Waals surface area (Å²) < 4.78 is 34.3. The standard InChI is InChI=1S/C50H86NO8P/c1-6-8-10-12-14-16-18-20-22-23-24-25-26-27-29-31-33-35-37-39-41-43-50(53)59-48(47-58-60(54,55)57-45-44-51(3,4)5)46-56-49(52)42-40-38-36-34-32-30-28-21-19-17-15-13-11-9-7-2/h9,11,15,17,21-23,25-26,28-29,31,35,37,48H,6-8,10,12-14,16,18-20,24,27,30,32-34,36,38-47H2,1-5H3/p+1/b11-9+,17-15+,23-22+,26-25+,28-21+,31-29+,37-35+/t48-/m1/s1. The highest BCUT2D eigenvalue weighted by atomic mass is 31.2. The van der Waals surface area contributed by atoms with Crippen LogP contribution in [0.3, 0.4) is 0 Å². The van der Waals surface area contributed by atoms with Gasteiger partial charge in [0.1, 0.15) is 19.8 Å². The maximum absolute atomic E-state index is 12.7. The van der Waals surface area contributed by atoms with Crippen LogP contribution in [0.15, 0.2) is 85.1 Å². The average molecular weight is 861 g/mol. The molecule has 0 saturated heterocycles. The molecular formula is C50H87NO8P+. The number of unbranched alkanes of at least 4 members (excludes halogenated alkanes) is 13. The molecule has 0 aromatic heterocycles. The molecule has 0 aliphatic carbocycles. The smallest absolute Gasteiger partial charge is 0.462 e. The average Bonchev–Trinajstić information content (AvgIpc) is 3.20. The van der Waals surface area contributed by atoms with Crippen molar-refractivity contribution in [2.45, 2.75) is 174 Å². The Kier molecular flexibility index (Phi) is 39.6. The van der Waals surface area contributed by atoms with Gasteiger partial charge in [-0.15, -0.1) is 0 Å². The number of phosphoric ester groups is 1. The molecule has 0 radical (unpaired) electrons. The van der Waals surface area contributed by atoms with Crippen molar-refractivity contribution in [2.75, 3.05) is 47.5 Å². The van der Waals surface area contributed by atoms with E-state index in [9.17, 15) is 19.0 Å². The second-order valence-electron chi connectivity index (χ2n) is 16.4. The number of carbonyl (C=O) groups excluding carboxylic acids is 2. The highest BCUT2D eigenvalue weighted by Gasteiger charge is 2.27. The Morgan fingerprint density at radius 1 is 0.533 bits per heavy atom. The Labute approximate surface area is 367 Å². The van der Waals surface area contributed by atoms with Gasteiger partial charge in [0.15, 0.2) is 6.10 Å². The molecule has 1 unspecified atom stereocenters. The topological polar surface area (TPSA) is 108 Å². The van der Waals surface area contributed by atoms with Crippen molar-refractivity contribution in [3.8, 4) is 0 Å². The fraction of sp³-hybridized carbons (Fsp3) is 0.680. The van der Waals surface area contributed by atoms with E-state index in [1.165, 1.54) is 51.4 Å². The summed E-state index contributed by atoms with van der Waals surface area (Å²) in [6.45, 7) is 4.21. The lowest BCUT2D eigenvalue weighted by Crippen LogP contribution is -2.37. The number of quaternary nitrogens is 1. The third-order valence-electron chi connectivity index (χ3n) is 9.41. The minimum Gasteiger partial charge on any atom is -0.462 e. The van der Waals surface area contributed by atoms with Crippen molar-refractivity contribution in [2.24, 2.45) is 0 Å². The number of likely N-dealkylation sites (N-methyl/N-ethyl adjacent to an activating group) is 1. The second kappa shape index (κ2) is 41.5. The predicted octanol–water partition coefficient (Wildman–Crippen LogP) is 13.6. The zero-order valence-electron chi connectivity index (χ0n) is 38.7. The van der Waals surface area contributed by atoms with Gasteiger partial charge in [-0.3, -0.25) is 18.6 Å². The lowest BCUT2D eigenvalue weighted by atomic mass is 10.1. The van der Waals surface area contributed by atoms with Crippen molar-refractivity contribution in [3.05, 3.63) is 85.1 Å².